The molecule has 0 radical (unpaired) electrons. The average Bonchev–Trinajstić information content (AvgIpc) is 2.87. The first kappa shape index (κ1) is 11.0. The van der Waals surface area contributed by atoms with Gasteiger partial charge in [0, 0.05) is 6.54 Å². The van der Waals surface area contributed by atoms with E-state index in [2.05, 4.69) is 17.2 Å². The van der Waals surface area contributed by atoms with E-state index in [0.717, 1.165) is 35.9 Å². The predicted octanol–water partition coefficient (Wildman–Crippen LogP) is 2.74. The second-order valence-corrected chi connectivity index (χ2v) is 3.72. The van der Waals surface area contributed by atoms with Crippen LogP contribution in [0.2, 0.25) is 0 Å². The zero-order chi connectivity index (χ0) is 11.4. The molecule has 0 aliphatic carbocycles. The van der Waals surface area contributed by atoms with Crippen LogP contribution in [-0.4, -0.2) is 11.5 Å². The smallest absolute Gasteiger partial charge is 0.194 e. The van der Waals surface area contributed by atoms with E-state index < -0.39 is 0 Å². The summed E-state index contributed by atoms with van der Waals surface area (Å²) in [7, 11) is 0. The fourth-order valence-corrected chi connectivity index (χ4v) is 1.54. The van der Waals surface area contributed by atoms with Crippen molar-refractivity contribution in [3.8, 4) is 11.5 Å². The van der Waals surface area contributed by atoms with Gasteiger partial charge in [0.1, 0.15) is 11.5 Å². The van der Waals surface area contributed by atoms with E-state index in [-0.39, 0.29) is 0 Å². The van der Waals surface area contributed by atoms with Crippen LogP contribution in [-0.2, 0) is 6.54 Å². The summed E-state index contributed by atoms with van der Waals surface area (Å²) in [6.07, 6.45) is 2.56. The molecule has 0 saturated carbocycles. The van der Waals surface area contributed by atoms with Crippen LogP contribution in [0.4, 0.5) is 0 Å². The fourth-order valence-electron chi connectivity index (χ4n) is 1.54. The van der Waals surface area contributed by atoms with Crippen LogP contribution in [0.5, 0.6) is 0 Å². The van der Waals surface area contributed by atoms with Crippen molar-refractivity contribution in [2.24, 2.45) is 0 Å². The van der Waals surface area contributed by atoms with Crippen molar-refractivity contribution in [2.45, 2.75) is 26.8 Å². The molecule has 2 rings (SSSR count). The second kappa shape index (κ2) is 4.99. The normalized spacial score (nSPS) is 10.9. The first-order valence-corrected chi connectivity index (χ1v) is 5.51. The Labute approximate surface area is 94.7 Å². The molecular formula is C12H16N2O2. The van der Waals surface area contributed by atoms with Gasteiger partial charge in [0.25, 0.3) is 0 Å². The van der Waals surface area contributed by atoms with Gasteiger partial charge in [-0.2, -0.15) is 0 Å². The van der Waals surface area contributed by atoms with Crippen LogP contribution >= 0.6 is 0 Å². The number of hydrogen-bond acceptors (Lipinski definition) is 4. The fraction of sp³-hybridized carbons (Fsp3) is 0.417. The van der Waals surface area contributed by atoms with Crippen LogP contribution in [0.25, 0.3) is 11.5 Å². The molecule has 0 aliphatic rings. The van der Waals surface area contributed by atoms with Crippen LogP contribution in [0.3, 0.4) is 0 Å². The molecule has 2 aromatic heterocycles. The first-order valence-electron chi connectivity index (χ1n) is 5.51. The highest BCUT2D eigenvalue weighted by atomic mass is 16.4. The Morgan fingerprint density at radius 1 is 1.38 bits per heavy atom. The predicted molar refractivity (Wildman–Crippen MR) is 60.9 cm³/mol. The lowest BCUT2D eigenvalue weighted by Crippen LogP contribution is -2.14. The lowest BCUT2D eigenvalue weighted by atomic mass is 10.2. The van der Waals surface area contributed by atoms with Gasteiger partial charge in [0.05, 0.1) is 0 Å². The van der Waals surface area contributed by atoms with Crippen molar-refractivity contribution in [3.63, 3.8) is 0 Å². The molecule has 0 fully saturated rings. The number of aryl methyl sites for hydroxylation is 1. The molecule has 0 saturated heterocycles. The summed E-state index contributed by atoms with van der Waals surface area (Å²) >= 11 is 0. The van der Waals surface area contributed by atoms with E-state index in [0.29, 0.717) is 6.54 Å². The van der Waals surface area contributed by atoms with E-state index in [4.69, 9.17) is 8.83 Å². The Balaban J connectivity index is 2.12. The quantitative estimate of drug-likeness (QED) is 0.787. The molecular weight excluding hydrogens is 204 g/mol. The highest BCUT2D eigenvalue weighted by Crippen LogP contribution is 2.24. The topological polar surface area (TPSA) is 51.2 Å². The maximum atomic E-state index is 5.51. The molecule has 0 bridgehead atoms. The summed E-state index contributed by atoms with van der Waals surface area (Å²) in [5.74, 6) is 2.33. The first-order chi connectivity index (χ1) is 7.81. The number of furan rings is 1. The molecule has 4 nitrogen and oxygen atoms in total. The van der Waals surface area contributed by atoms with Gasteiger partial charge in [0.2, 0.25) is 0 Å². The van der Waals surface area contributed by atoms with Crippen LogP contribution < -0.4 is 5.32 Å². The van der Waals surface area contributed by atoms with E-state index >= 15 is 0 Å². The minimum Gasteiger partial charge on any atom is -0.458 e. The van der Waals surface area contributed by atoms with E-state index in [1.807, 2.05) is 19.1 Å². The Hall–Kier alpha value is -1.55. The number of nitrogens with one attached hydrogen (secondary N) is 1. The second-order valence-electron chi connectivity index (χ2n) is 3.72. The van der Waals surface area contributed by atoms with Crippen molar-refractivity contribution in [2.75, 3.05) is 6.54 Å². The lowest BCUT2D eigenvalue weighted by molar-refractivity contribution is 0.502. The van der Waals surface area contributed by atoms with Gasteiger partial charge in [0.15, 0.2) is 17.9 Å². The standard InChI is InChI=1S/C12H16N2O2/c1-3-6-13-7-10-12(15-8-14-10)11-5-4-9(2)16-11/h4-5,8,13H,3,6-7H2,1-2H3. The Bertz CT molecular complexity index is 445. The zero-order valence-electron chi connectivity index (χ0n) is 9.62. The third-order valence-electron chi connectivity index (χ3n) is 2.32. The van der Waals surface area contributed by atoms with Gasteiger partial charge < -0.3 is 14.2 Å². The molecule has 0 aliphatic heterocycles. The van der Waals surface area contributed by atoms with Crippen LogP contribution in [0.1, 0.15) is 24.8 Å². The summed E-state index contributed by atoms with van der Waals surface area (Å²) in [6.45, 7) is 5.73. The summed E-state index contributed by atoms with van der Waals surface area (Å²) in [4.78, 5) is 4.18. The zero-order valence-corrected chi connectivity index (χ0v) is 9.62. The highest BCUT2D eigenvalue weighted by Gasteiger charge is 2.13. The minimum atomic E-state index is 0.708. The molecule has 2 heterocycles. The van der Waals surface area contributed by atoms with Crippen molar-refractivity contribution in [1.82, 2.24) is 10.3 Å². The van der Waals surface area contributed by atoms with Gasteiger partial charge in [-0.05, 0) is 32.0 Å². The van der Waals surface area contributed by atoms with E-state index in [1.54, 1.807) is 0 Å². The maximum absolute atomic E-state index is 5.51. The van der Waals surface area contributed by atoms with Gasteiger partial charge in [-0.3, -0.25) is 0 Å². The SMILES string of the molecule is CCCNCc1ncoc1-c1ccc(C)o1. The summed E-state index contributed by atoms with van der Waals surface area (Å²) in [5, 5.41) is 3.29. The maximum Gasteiger partial charge on any atom is 0.194 e. The molecule has 0 spiro atoms. The number of aromatic nitrogens is 1. The van der Waals surface area contributed by atoms with Gasteiger partial charge in [-0.15, -0.1) is 0 Å². The molecule has 0 unspecified atom stereocenters. The Kier molecular flexibility index (Phi) is 3.41. The monoisotopic (exact) mass is 220 g/mol. The minimum absolute atomic E-state index is 0.708. The van der Waals surface area contributed by atoms with Gasteiger partial charge in [-0.1, -0.05) is 6.92 Å². The molecule has 1 N–H and O–H groups in total. The van der Waals surface area contributed by atoms with Crippen LogP contribution in [0.15, 0.2) is 27.4 Å². The number of oxazole rings is 1. The highest BCUT2D eigenvalue weighted by molar-refractivity contribution is 5.52. The average molecular weight is 220 g/mol. The summed E-state index contributed by atoms with van der Waals surface area (Å²) in [5.41, 5.74) is 0.891. The third kappa shape index (κ3) is 2.33. The van der Waals surface area contributed by atoms with Gasteiger partial charge in [-0.25, -0.2) is 4.98 Å². The van der Waals surface area contributed by atoms with Crippen molar-refractivity contribution >= 4 is 0 Å². The molecule has 0 amide bonds. The van der Waals surface area contributed by atoms with Crippen molar-refractivity contribution in [1.29, 1.82) is 0 Å². The Morgan fingerprint density at radius 2 is 2.25 bits per heavy atom. The number of hydrogen-bond donors (Lipinski definition) is 1. The van der Waals surface area contributed by atoms with Crippen molar-refractivity contribution < 1.29 is 8.83 Å². The largest absolute Gasteiger partial charge is 0.458 e. The molecule has 2 aromatic rings. The molecule has 4 heteroatoms. The molecule has 0 atom stereocenters. The van der Waals surface area contributed by atoms with Gasteiger partial charge >= 0.3 is 0 Å². The van der Waals surface area contributed by atoms with E-state index in [1.165, 1.54) is 6.39 Å². The molecule has 16 heavy (non-hydrogen) atoms. The number of nitrogens with zero attached hydrogens (tertiary/aromatic N) is 1. The summed E-state index contributed by atoms with van der Waals surface area (Å²) in [6, 6.07) is 3.82. The summed E-state index contributed by atoms with van der Waals surface area (Å²) < 4.78 is 10.9. The third-order valence-corrected chi connectivity index (χ3v) is 2.32. The molecule has 86 valence electrons. The van der Waals surface area contributed by atoms with Crippen molar-refractivity contribution in [3.05, 3.63) is 30.0 Å². The van der Waals surface area contributed by atoms with E-state index in [9.17, 15) is 0 Å². The lowest BCUT2D eigenvalue weighted by Gasteiger charge is -2.00. The Morgan fingerprint density at radius 3 is 2.94 bits per heavy atom. The number of rotatable bonds is 5. The van der Waals surface area contributed by atoms with Crippen LogP contribution in [0, 0.1) is 6.92 Å². The molecule has 0 aromatic carbocycles.